The van der Waals surface area contributed by atoms with Gasteiger partial charge in [-0.2, -0.15) is 0 Å². The zero-order valence-electron chi connectivity index (χ0n) is 32.0. The molecular formula is C42H66N2O5S. The molecule has 1 saturated heterocycles. The first-order chi connectivity index (χ1) is 23.3. The number of carboxylic acids is 1. The van der Waals surface area contributed by atoms with Gasteiger partial charge < -0.3 is 20.4 Å². The van der Waals surface area contributed by atoms with E-state index in [9.17, 15) is 23.4 Å². The van der Waals surface area contributed by atoms with Crippen molar-refractivity contribution in [1.82, 2.24) is 10.2 Å². The largest absolute Gasteiger partial charge is 0.479 e. The fraction of sp³-hybridized carbons (Fsp3) is 0.833. The van der Waals surface area contributed by atoms with Crippen molar-refractivity contribution in [2.45, 2.75) is 130 Å². The summed E-state index contributed by atoms with van der Waals surface area (Å²) in [6, 6.07) is 0. The maximum atomic E-state index is 12.0. The minimum absolute atomic E-state index is 0.00270. The van der Waals surface area contributed by atoms with Crippen molar-refractivity contribution >= 4 is 15.8 Å². The average molecular weight is 711 g/mol. The van der Waals surface area contributed by atoms with Gasteiger partial charge in [-0.25, -0.2) is 13.2 Å². The lowest BCUT2D eigenvalue weighted by molar-refractivity contribution is -0.221. The van der Waals surface area contributed by atoms with E-state index in [1.807, 2.05) is 6.08 Å². The Balaban J connectivity index is 1.13. The monoisotopic (exact) mass is 710 g/mol. The third kappa shape index (κ3) is 5.49. The fourth-order valence-electron chi connectivity index (χ4n) is 14.3. The van der Waals surface area contributed by atoms with Gasteiger partial charge in [0.1, 0.15) is 0 Å². The summed E-state index contributed by atoms with van der Waals surface area (Å²) < 4.78 is 24.0. The van der Waals surface area contributed by atoms with Gasteiger partial charge in [-0.05, 0) is 140 Å². The summed E-state index contributed by atoms with van der Waals surface area (Å²) in [5.41, 5.74) is 3.28. The van der Waals surface area contributed by atoms with Crippen molar-refractivity contribution in [2.24, 2.45) is 51.2 Å². The molecule has 10 atom stereocenters. The fourth-order valence-corrected chi connectivity index (χ4v) is 15.6. The highest BCUT2D eigenvalue weighted by atomic mass is 32.2. The maximum absolute atomic E-state index is 12.0. The molecule has 0 aromatic heterocycles. The molecule has 280 valence electrons. The number of aliphatic carboxylic acids is 1. The Hall–Kier alpha value is -1.48. The van der Waals surface area contributed by atoms with Crippen LogP contribution in [-0.2, 0) is 14.6 Å². The molecule has 50 heavy (non-hydrogen) atoms. The molecule has 4 saturated carbocycles. The van der Waals surface area contributed by atoms with Crippen LogP contribution < -0.4 is 5.32 Å². The van der Waals surface area contributed by atoms with Gasteiger partial charge in [0.25, 0.3) is 0 Å². The minimum atomic E-state index is -2.87. The van der Waals surface area contributed by atoms with Crippen LogP contribution >= 0.6 is 0 Å². The normalized spacial score (nSPS) is 46.7. The molecule has 7 aliphatic rings. The number of sulfone groups is 1. The minimum Gasteiger partial charge on any atom is -0.479 e. The van der Waals surface area contributed by atoms with Crippen molar-refractivity contribution < 1.29 is 23.4 Å². The van der Waals surface area contributed by atoms with Gasteiger partial charge in [-0.1, -0.05) is 58.9 Å². The van der Waals surface area contributed by atoms with Crippen LogP contribution in [-0.4, -0.2) is 78.3 Å². The number of nitrogens with zero attached hydrogens (tertiary/aromatic N) is 1. The van der Waals surface area contributed by atoms with E-state index in [-0.39, 0.29) is 40.0 Å². The Morgan fingerprint density at radius 1 is 0.920 bits per heavy atom. The van der Waals surface area contributed by atoms with Crippen molar-refractivity contribution in [1.29, 1.82) is 0 Å². The molecule has 1 aliphatic heterocycles. The average Bonchev–Trinajstić information content (AvgIpc) is 3.43. The molecule has 0 spiro atoms. The zero-order chi connectivity index (χ0) is 36.1. The Labute approximate surface area is 302 Å². The van der Waals surface area contributed by atoms with Gasteiger partial charge in [0.05, 0.1) is 11.5 Å². The Morgan fingerprint density at radius 2 is 1.64 bits per heavy atom. The summed E-state index contributed by atoms with van der Waals surface area (Å²) in [5, 5.41) is 24.5. The Bertz CT molecular complexity index is 1570. The molecule has 5 fully saturated rings. The first-order valence-electron chi connectivity index (χ1n) is 20.0. The van der Waals surface area contributed by atoms with Crippen LogP contribution in [0.15, 0.2) is 35.5 Å². The first kappa shape index (κ1) is 36.9. The number of carbonyl (C=O) groups is 1. The number of fused-ring (bicyclic) bond motifs is 7. The Kier molecular flexibility index (Phi) is 9.05. The topological polar surface area (TPSA) is 107 Å². The van der Waals surface area contributed by atoms with E-state index in [0.717, 1.165) is 19.5 Å². The second-order valence-corrected chi connectivity index (χ2v) is 21.9. The molecule has 6 aliphatic carbocycles. The van der Waals surface area contributed by atoms with Crippen molar-refractivity contribution in [3.63, 3.8) is 0 Å². The van der Waals surface area contributed by atoms with E-state index in [0.29, 0.717) is 60.6 Å². The standard InChI is InChI=1S/C42H66N2O5S/c1-28(2)30-12-17-41(43-22-23-44-24-26-50(48,49)27-25-44)21-20-39(6)32(35(30)41)8-9-34-38(5)15-13-31(29-10-18-42(47,19-11-29)36(45)46)37(3,4)33(38)14-16-40(34,39)7/h10,13,30,32-35,43,47H,1,8-9,11-12,14-27H2,2-7H3,(H,45,46)/t30?,32-,33+,34-,35-,38+,39-,40-,41+,42?/m1/s1. The third-order valence-electron chi connectivity index (χ3n) is 17.2. The smallest absolute Gasteiger partial charge is 0.336 e. The third-order valence-corrected chi connectivity index (χ3v) is 18.8. The summed E-state index contributed by atoms with van der Waals surface area (Å²) >= 11 is 0. The van der Waals surface area contributed by atoms with Crippen LogP contribution in [0.2, 0.25) is 0 Å². The van der Waals surface area contributed by atoms with Crippen LogP contribution in [0, 0.1) is 51.2 Å². The maximum Gasteiger partial charge on any atom is 0.336 e. The molecular weight excluding hydrogens is 645 g/mol. The molecule has 2 unspecified atom stereocenters. The highest BCUT2D eigenvalue weighted by molar-refractivity contribution is 7.91. The highest BCUT2D eigenvalue weighted by Crippen LogP contribution is 2.76. The molecule has 0 radical (unpaired) electrons. The van der Waals surface area contributed by atoms with Crippen LogP contribution in [0.4, 0.5) is 0 Å². The van der Waals surface area contributed by atoms with E-state index in [1.165, 1.54) is 68.1 Å². The molecule has 8 heteroatoms. The molecule has 0 bridgehead atoms. The lowest BCUT2D eigenvalue weighted by Gasteiger charge is -2.72. The lowest BCUT2D eigenvalue weighted by Crippen LogP contribution is -2.68. The van der Waals surface area contributed by atoms with Crippen LogP contribution in [0.25, 0.3) is 0 Å². The molecule has 3 N–H and O–H groups in total. The van der Waals surface area contributed by atoms with E-state index in [4.69, 9.17) is 0 Å². The molecule has 7 nitrogen and oxygen atoms in total. The first-order valence-corrected chi connectivity index (χ1v) is 21.8. The van der Waals surface area contributed by atoms with Gasteiger partial charge in [0.2, 0.25) is 0 Å². The quantitative estimate of drug-likeness (QED) is 0.241. The molecule has 0 aromatic carbocycles. The summed E-state index contributed by atoms with van der Waals surface area (Å²) in [6.07, 6.45) is 16.8. The molecule has 1 heterocycles. The van der Waals surface area contributed by atoms with Crippen LogP contribution in [0.3, 0.4) is 0 Å². The van der Waals surface area contributed by atoms with Crippen LogP contribution in [0.1, 0.15) is 119 Å². The van der Waals surface area contributed by atoms with Gasteiger partial charge >= 0.3 is 5.97 Å². The van der Waals surface area contributed by atoms with Crippen LogP contribution in [0.5, 0.6) is 0 Å². The number of hydrogen-bond donors (Lipinski definition) is 3. The number of allylic oxidation sites excluding steroid dienone is 4. The Morgan fingerprint density at radius 3 is 2.28 bits per heavy atom. The lowest BCUT2D eigenvalue weighted by atomic mass is 9.33. The predicted octanol–water partition coefficient (Wildman–Crippen LogP) is 7.18. The van der Waals surface area contributed by atoms with Crippen molar-refractivity contribution in [3.05, 3.63) is 35.5 Å². The number of hydrogen-bond acceptors (Lipinski definition) is 6. The number of nitrogens with one attached hydrogen (secondary N) is 1. The van der Waals surface area contributed by atoms with Gasteiger partial charge in [-0.15, -0.1) is 0 Å². The molecule has 7 rings (SSSR count). The van der Waals surface area contributed by atoms with E-state index in [1.54, 1.807) is 0 Å². The van der Waals surface area contributed by atoms with Gasteiger partial charge in [-0.3, -0.25) is 0 Å². The summed E-state index contributed by atoms with van der Waals surface area (Å²) in [6.45, 7) is 23.0. The second-order valence-electron chi connectivity index (χ2n) is 19.6. The number of rotatable bonds is 7. The van der Waals surface area contributed by atoms with Gasteiger partial charge in [0, 0.05) is 38.1 Å². The molecule has 0 aromatic rings. The summed E-state index contributed by atoms with van der Waals surface area (Å²) in [7, 11) is -2.87. The van der Waals surface area contributed by atoms with E-state index in [2.05, 4.69) is 64.4 Å². The zero-order valence-corrected chi connectivity index (χ0v) is 32.8. The summed E-state index contributed by atoms with van der Waals surface area (Å²) in [5.74, 6) is 2.53. The second kappa shape index (κ2) is 12.3. The van der Waals surface area contributed by atoms with Crippen molar-refractivity contribution in [3.8, 4) is 0 Å². The molecule has 0 amide bonds. The van der Waals surface area contributed by atoms with Crippen molar-refractivity contribution in [2.75, 3.05) is 37.7 Å². The van der Waals surface area contributed by atoms with Gasteiger partial charge in [0.15, 0.2) is 15.4 Å². The number of aliphatic hydroxyl groups is 1. The summed E-state index contributed by atoms with van der Waals surface area (Å²) in [4.78, 5) is 14.1. The number of carboxylic acid groups (broad SMARTS) is 1. The van der Waals surface area contributed by atoms with E-state index >= 15 is 0 Å². The highest BCUT2D eigenvalue weighted by Gasteiger charge is 2.70. The predicted molar refractivity (Wildman–Crippen MR) is 200 cm³/mol. The SMILES string of the molecule is C=C(C)C1CC[C@]2(NCCN3CCS(=O)(=O)CC3)CC[C@]3(C)[C@H](CC[C@@H]4[C@@]5(C)CC=C(C6=CCC(O)(C(=O)O)CC6)C(C)(C)[C@@H]5CC[C@]43C)[C@@H]12. The van der Waals surface area contributed by atoms with E-state index < -0.39 is 21.4 Å².